The molecule has 0 aromatic heterocycles. The van der Waals surface area contributed by atoms with Crippen molar-refractivity contribution in [2.45, 2.75) is 32.4 Å². The van der Waals surface area contributed by atoms with Crippen LogP contribution in [0.15, 0.2) is 91.0 Å². The number of fused-ring (bicyclic) bond motifs is 2. The third-order valence-corrected chi connectivity index (χ3v) is 7.09. The smallest absolute Gasteiger partial charge is 0.255 e. The molecular formula is C31H27NO3. The van der Waals surface area contributed by atoms with Gasteiger partial charge in [0.2, 0.25) is 6.79 Å². The number of nitrogens with zero attached hydrogens (tertiary/aromatic N) is 1. The second-order valence-electron chi connectivity index (χ2n) is 9.31. The molecule has 1 aliphatic carbocycles. The Morgan fingerprint density at radius 3 is 2.31 bits per heavy atom. The standard InChI is InChI=1S/C31H27NO3/c1-21-8-7-13-27(23-9-3-2-4-10-23)30(21)31(33)32(26-17-24-11-5-6-12-25(24)18-26)19-22-14-15-28-29(16-22)35-20-34-28/h2-16,26H,17-20H2,1H3. The van der Waals surface area contributed by atoms with Crippen LogP contribution < -0.4 is 9.47 Å². The number of benzene rings is 4. The molecule has 1 amide bonds. The van der Waals surface area contributed by atoms with Gasteiger partial charge in [-0.25, -0.2) is 0 Å². The Morgan fingerprint density at radius 1 is 0.829 bits per heavy atom. The van der Waals surface area contributed by atoms with Gasteiger partial charge in [-0.2, -0.15) is 0 Å². The zero-order chi connectivity index (χ0) is 23.8. The highest BCUT2D eigenvalue weighted by molar-refractivity contribution is 6.02. The van der Waals surface area contributed by atoms with Gasteiger partial charge in [0.1, 0.15) is 0 Å². The Kier molecular flexibility index (Phi) is 5.49. The molecule has 0 saturated heterocycles. The summed E-state index contributed by atoms with van der Waals surface area (Å²) in [4.78, 5) is 16.5. The zero-order valence-electron chi connectivity index (χ0n) is 19.7. The molecule has 0 unspecified atom stereocenters. The van der Waals surface area contributed by atoms with Crippen LogP contribution in [-0.2, 0) is 19.4 Å². The van der Waals surface area contributed by atoms with Gasteiger partial charge in [0.05, 0.1) is 5.56 Å². The largest absolute Gasteiger partial charge is 0.454 e. The molecular weight excluding hydrogens is 434 g/mol. The lowest BCUT2D eigenvalue weighted by atomic mass is 9.94. The lowest BCUT2D eigenvalue weighted by molar-refractivity contribution is 0.0667. The van der Waals surface area contributed by atoms with Crippen molar-refractivity contribution in [2.24, 2.45) is 0 Å². The summed E-state index contributed by atoms with van der Waals surface area (Å²) in [6.45, 7) is 2.78. The van der Waals surface area contributed by atoms with Crippen molar-refractivity contribution < 1.29 is 14.3 Å². The average molecular weight is 462 g/mol. The minimum absolute atomic E-state index is 0.0671. The van der Waals surface area contributed by atoms with E-state index in [-0.39, 0.29) is 18.7 Å². The van der Waals surface area contributed by atoms with Gasteiger partial charge in [0, 0.05) is 12.6 Å². The molecule has 0 bridgehead atoms. The van der Waals surface area contributed by atoms with Crippen LogP contribution in [0.5, 0.6) is 11.5 Å². The lowest BCUT2D eigenvalue weighted by Crippen LogP contribution is -2.41. The highest BCUT2D eigenvalue weighted by Gasteiger charge is 2.32. The normalized spacial score (nSPS) is 14.1. The minimum atomic E-state index is 0.0671. The molecule has 0 radical (unpaired) electrons. The number of ether oxygens (including phenoxy) is 2. The van der Waals surface area contributed by atoms with Crippen LogP contribution in [0.4, 0.5) is 0 Å². The number of carbonyl (C=O) groups is 1. The predicted molar refractivity (Wildman–Crippen MR) is 137 cm³/mol. The van der Waals surface area contributed by atoms with E-state index in [2.05, 4.69) is 47.4 Å². The van der Waals surface area contributed by atoms with Gasteiger partial charge in [0.15, 0.2) is 11.5 Å². The van der Waals surface area contributed by atoms with E-state index >= 15 is 0 Å². The van der Waals surface area contributed by atoms with Crippen LogP contribution in [-0.4, -0.2) is 23.6 Å². The summed E-state index contributed by atoms with van der Waals surface area (Å²) in [6, 6.07) is 30.9. The van der Waals surface area contributed by atoms with Crippen molar-refractivity contribution >= 4 is 5.91 Å². The number of aryl methyl sites for hydroxylation is 1. The first-order valence-corrected chi connectivity index (χ1v) is 12.1. The fraction of sp³-hybridized carbons (Fsp3) is 0.194. The summed E-state index contributed by atoms with van der Waals surface area (Å²) < 4.78 is 11.1. The van der Waals surface area contributed by atoms with E-state index in [1.165, 1.54) is 11.1 Å². The van der Waals surface area contributed by atoms with E-state index in [0.717, 1.165) is 52.2 Å². The second-order valence-corrected chi connectivity index (χ2v) is 9.31. The first-order chi connectivity index (χ1) is 17.2. The molecule has 0 N–H and O–H groups in total. The molecule has 4 aromatic carbocycles. The van der Waals surface area contributed by atoms with E-state index in [9.17, 15) is 4.79 Å². The van der Waals surface area contributed by atoms with Gasteiger partial charge in [-0.3, -0.25) is 4.79 Å². The van der Waals surface area contributed by atoms with Crippen molar-refractivity contribution in [3.63, 3.8) is 0 Å². The SMILES string of the molecule is Cc1cccc(-c2ccccc2)c1C(=O)N(Cc1ccc2c(c1)OCO2)C1Cc2ccccc2C1. The van der Waals surface area contributed by atoms with E-state index in [0.29, 0.717) is 6.54 Å². The molecule has 0 saturated carbocycles. The average Bonchev–Trinajstić information content (AvgIpc) is 3.54. The van der Waals surface area contributed by atoms with Gasteiger partial charge in [-0.05, 0) is 65.3 Å². The van der Waals surface area contributed by atoms with Crippen LogP contribution in [0.3, 0.4) is 0 Å². The Morgan fingerprint density at radius 2 is 1.54 bits per heavy atom. The molecule has 0 fully saturated rings. The molecule has 174 valence electrons. The van der Waals surface area contributed by atoms with Gasteiger partial charge < -0.3 is 14.4 Å². The molecule has 35 heavy (non-hydrogen) atoms. The van der Waals surface area contributed by atoms with Gasteiger partial charge in [0.25, 0.3) is 5.91 Å². The van der Waals surface area contributed by atoms with Crippen LogP contribution in [0.1, 0.15) is 32.6 Å². The Balaban J connectivity index is 1.41. The van der Waals surface area contributed by atoms with Crippen molar-refractivity contribution in [3.05, 3.63) is 119 Å². The lowest BCUT2D eigenvalue weighted by Gasteiger charge is -2.31. The second kappa shape index (κ2) is 8.95. The van der Waals surface area contributed by atoms with Crippen molar-refractivity contribution in [1.29, 1.82) is 0 Å². The van der Waals surface area contributed by atoms with Crippen LogP contribution >= 0.6 is 0 Å². The molecule has 1 heterocycles. The fourth-order valence-electron chi connectivity index (χ4n) is 5.31. The van der Waals surface area contributed by atoms with E-state index < -0.39 is 0 Å². The number of amides is 1. The summed E-state index contributed by atoms with van der Waals surface area (Å²) in [7, 11) is 0. The van der Waals surface area contributed by atoms with Crippen molar-refractivity contribution in [2.75, 3.05) is 6.79 Å². The first kappa shape index (κ1) is 21.5. The minimum Gasteiger partial charge on any atom is -0.454 e. The molecule has 0 atom stereocenters. The maximum absolute atomic E-state index is 14.4. The highest BCUT2D eigenvalue weighted by atomic mass is 16.7. The summed E-state index contributed by atoms with van der Waals surface area (Å²) in [6.07, 6.45) is 1.72. The predicted octanol–water partition coefficient (Wildman–Crippen LogP) is 6.20. The van der Waals surface area contributed by atoms with Crippen LogP contribution in [0.25, 0.3) is 11.1 Å². The highest BCUT2D eigenvalue weighted by Crippen LogP contribution is 2.35. The summed E-state index contributed by atoms with van der Waals surface area (Å²) in [5.74, 6) is 1.56. The van der Waals surface area contributed by atoms with Gasteiger partial charge in [-0.1, -0.05) is 78.9 Å². The fourth-order valence-corrected chi connectivity index (χ4v) is 5.31. The molecule has 4 aromatic rings. The number of hydrogen-bond acceptors (Lipinski definition) is 3. The first-order valence-electron chi connectivity index (χ1n) is 12.1. The summed E-state index contributed by atoms with van der Waals surface area (Å²) >= 11 is 0. The van der Waals surface area contributed by atoms with Crippen molar-refractivity contribution in [3.8, 4) is 22.6 Å². The van der Waals surface area contributed by atoms with Crippen LogP contribution in [0, 0.1) is 6.92 Å². The number of hydrogen-bond donors (Lipinski definition) is 0. The topological polar surface area (TPSA) is 38.8 Å². The van der Waals surface area contributed by atoms with E-state index in [1.807, 2.05) is 55.5 Å². The molecule has 6 rings (SSSR count). The van der Waals surface area contributed by atoms with E-state index in [1.54, 1.807) is 0 Å². The maximum atomic E-state index is 14.4. The summed E-state index contributed by atoms with van der Waals surface area (Å²) in [5.41, 5.74) is 7.48. The monoisotopic (exact) mass is 461 g/mol. The Hall–Kier alpha value is -4.05. The molecule has 1 aliphatic heterocycles. The Bertz CT molecular complexity index is 1370. The molecule has 0 spiro atoms. The quantitative estimate of drug-likeness (QED) is 0.355. The third-order valence-electron chi connectivity index (χ3n) is 7.09. The number of rotatable bonds is 5. The Labute approximate surface area is 205 Å². The molecule has 2 aliphatic rings. The van der Waals surface area contributed by atoms with E-state index in [4.69, 9.17) is 9.47 Å². The maximum Gasteiger partial charge on any atom is 0.255 e. The molecule has 4 nitrogen and oxygen atoms in total. The van der Waals surface area contributed by atoms with Gasteiger partial charge >= 0.3 is 0 Å². The molecule has 4 heteroatoms. The third kappa shape index (κ3) is 4.06. The summed E-state index contributed by atoms with van der Waals surface area (Å²) in [5, 5.41) is 0. The van der Waals surface area contributed by atoms with Crippen molar-refractivity contribution in [1.82, 2.24) is 4.90 Å². The van der Waals surface area contributed by atoms with Gasteiger partial charge in [-0.15, -0.1) is 0 Å². The number of carbonyl (C=O) groups excluding carboxylic acids is 1. The van der Waals surface area contributed by atoms with Crippen LogP contribution in [0.2, 0.25) is 0 Å². The zero-order valence-corrected chi connectivity index (χ0v) is 19.7.